The zero-order valence-electron chi connectivity index (χ0n) is 10.4. The minimum absolute atomic E-state index is 0.0964. The van der Waals surface area contributed by atoms with Crippen molar-refractivity contribution in [3.63, 3.8) is 0 Å². The third-order valence-electron chi connectivity index (χ3n) is 2.37. The van der Waals surface area contributed by atoms with E-state index in [0.29, 0.717) is 12.3 Å². The minimum atomic E-state index is -0.416. The molecule has 0 amide bonds. The summed E-state index contributed by atoms with van der Waals surface area (Å²) in [6, 6.07) is 5.49. The van der Waals surface area contributed by atoms with E-state index in [1.165, 1.54) is 12.1 Å². The topological polar surface area (TPSA) is 38.3 Å². The van der Waals surface area contributed by atoms with E-state index in [0.717, 1.165) is 0 Å². The number of carbonyl (C=O) groups is 1. The van der Waals surface area contributed by atoms with Crippen LogP contribution in [0.5, 0.6) is 0 Å². The Balaban J connectivity index is 2.73. The minimum Gasteiger partial charge on any atom is -0.464 e. The number of benzene rings is 1. The van der Waals surface area contributed by atoms with Gasteiger partial charge in [0.1, 0.15) is 11.9 Å². The normalized spacial score (nSPS) is 12.3. The van der Waals surface area contributed by atoms with E-state index >= 15 is 0 Å². The largest absolute Gasteiger partial charge is 0.464 e. The van der Waals surface area contributed by atoms with Crippen molar-refractivity contribution in [3.8, 4) is 0 Å². The highest BCUT2D eigenvalue weighted by Crippen LogP contribution is 2.14. The monoisotopic (exact) mass is 239 g/mol. The van der Waals surface area contributed by atoms with Crippen molar-refractivity contribution in [2.45, 2.75) is 26.8 Å². The van der Waals surface area contributed by atoms with E-state index in [4.69, 9.17) is 4.74 Å². The molecule has 1 atom stereocenters. The van der Waals surface area contributed by atoms with Gasteiger partial charge in [0, 0.05) is 5.69 Å². The maximum absolute atomic E-state index is 12.7. The molecule has 0 fully saturated rings. The lowest BCUT2D eigenvalue weighted by Crippen LogP contribution is -2.36. The summed E-state index contributed by atoms with van der Waals surface area (Å²) in [5, 5.41) is 3.05. The Morgan fingerprint density at radius 2 is 1.94 bits per heavy atom. The molecule has 17 heavy (non-hydrogen) atoms. The Morgan fingerprint density at radius 1 is 1.35 bits per heavy atom. The third-order valence-corrected chi connectivity index (χ3v) is 2.37. The molecule has 0 heterocycles. The van der Waals surface area contributed by atoms with Gasteiger partial charge in [-0.15, -0.1) is 0 Å². The van der Waals surface area contributed by atoms with Crippen LogP contribution in [-0.2, 0) is 9.53 Å². The zero-order chi connectivity index (χ0) is 12.8. The molecule has 0 aliphatic heterocycles. The highest BCUT2D eigenvalue weighted by atomic mass is 19.1. The molecule has 1 aromatic rings. The summed E-state index contributed by atoms with van der Waals surface area (Å²) in [6.45, 7) is 5.98. The van der Waals surface area contributed by atoms with Crippen molar-refractivity contribution in [3.05, 3.63) is 30.1 Å². The Hall–Kier alpha value is -1.58. The van der Waals surface area contributed by atoms with Gasteiger partial charge >= 0.3 is 5.97 Å². The summed E-state index contributed by atoms with van der Waals surface area (Å²) in [5.74, 6) is -0.487. The van der Waals surface area contributed by atoms with Crippen LogP contribution in [0, 0.1) is 11.7 Å². The molecule has 3 nitrogen and oxygen atoms in total. The number of esters is 1. The average Bonchev–Trinajstić information content (AvgIpc) is 2.28. The van der Waals surface area contributed by atoms with Crippen LogP contribution in [0.15, 0.2) is 24.3 Å². The zero-order valence-corrected chi connectivity index (χ0v) is 10.4. The average molecular weight is 239 g/mol. The summed E-state index contributed by atoms with van der Waals surface area (Å²) in [7, 11) is 0. The number of hydrogen-bond donors (Lipinski definition) is 1. The first-order valence-electron chi connectivity index (χ1n) is 5.73. The van der Waals surface area contributed by atoms with Crippen LogP contribution < -0.4 is 5.32 Å². The van der Waals surface area contributed by atoms with Crippen molar-refractivity contribution in [2.24, 2.45) is 5.92 Å². The molecule has 0 saturated heterocycles. The molecular formula is C13H18FNO2. The van der Waals surface area contributed by atoms with Crippen molar-refractivity contribution in [2.75, 3.05) is 11.9 Å². The van der Waals surface area contributed by atoms with E-state index in [-0.39, 0.29) is 17.7 Å². The van der Waals surface area contributed by atoms with Crippen LogP contribution in [0.2, 0.25) is 0 Å². The quantitative estimate of drug-likeness (QED) is 0.803. The predicted octanol–water partition coefficient (Wildman–Crippen LogP) is 2.83. The van der Waals surface area contributed by atoms with Crippen molar-refractivity contribution >= 4 is 11.7 Å². The number of ether oxygens (including phenoxy) is 1. The number of hydrogen-bond acceptors (Lipinski definition) is 3. The first kappa shape index (κ1) is 13.5. The third kappa shape index (κ3) is 4.06. The lowest BCUT2D eigenvalue weighted by Gasteiger charge is -2.21. The summed E-state index contributed by atoms with van der Waals surface area (Å²) in [4.78, 5) is 11.7. The van der Waals surface area contributed by atoms with E-state index < -0.39 is 6.04 Å². The van der Waals surface area contributed by atoms with Crippen LogP contribution >= 0.6 is 0 Å². The van der Waals surface area contributed by atoms with Gasteiger partial charge in [-0.05, 0) is 37.1 Å². The first-order valence-corrected chi connectivity index (χ1v) is 5.73. The van der Waals surface area contributed by atoms with Gasteiger partial charge in [-0.25, -0.2) is 9.18 Å². The first-order chi connectivity index (χ1) is 8.04. The van der Waals surface area contributed by atoms with E-state index in [1.807, 2.05) is 13.8 Å². The molecule has 4 heteroatoms. The van der Waals surface area contributed by atoms with Gasteiger partial charge in [0.2, 0.25) is 0 Å². The fourth-order valence-corrected chi connectivity index (χ4v) is 1.46. The molecule has 0 aliphatic carbocycles. The van der Waals surface area contributed by atoms with Crippen molar-refractivity contribution in [1.82, 2.24) is 0 Å². The fourth-order valence-electron chi connectivity index (χ4n) is 1.46. The molecule has 0 spiro atoms. The number of carbonyl (C=O) groups excluding carboxylic acids is 1. The van der Waals surface area contributed by atoms with Crippen LogP contribution in [0.3, 0.4) is 0 Å². The van der Waals surface area contributed by atoms with Crippen LogP contribution in [0.1, 0.15) is 20.8 Å². The summed E-state index contributed by atoms with van der Waals surface area (Å²) < 4.78 is 17.7. The molecule has 0 aromatic heterocycles. The van der Waals surface area contributed by atoms with E-state index in [2.05, 4.69) is 5.32 Å². The number of halogens is 1. The Labute approximate surface area is 101 Å². The van der Waals surface area contributed by atoms with Gasteiger partial charge in [-0.3, -0.25) is 0 Å². The predicted molar refractivity (Wildman–Crippen MR) is 65.3 cm³/mol. The molecule has 1 unspecified atom stereocenters. The maximum atomic E-state index is 12.7. The molecular weight excluding hydrogens is 221 g/mol. The van der Waals surface area contributed by atoms with Crippen LogP contribution in [-0.4, -0.2) is 18.6 Å². The molecule has 0 saturated carbocycles. The van der Waals surface area contributed by atoms with Crippen LogP contribution in [0.4, 0.5) is 10.1 Å². The lowest BCUT2D eigenvalue weighted by molar-refractivity contribution is -0.145. The second-order valence-corrected chi connectivity index (χ2v) is 4.12. The molecule has 0 bridgehead atoms. The van der Waals surface area contributed by atoms with Gasteiger partial charge in [0.15, 0.2) is 0 Å². The molecule has 1 rings (SSSR count). The molecule has 0 aliphatic rings. The summed E-state index contributed by atoms with van der Waals surface area (Å²) >= 11 is 0. The number of anilines is 1. The van der Waals surface area contributed by atoms with E-state index in [1.54, 1.807) is 19.1 Å². The Bertz CT molecular complexity index is 362. The van der Waals surface area contributed by atoms with Crippen LogP contribution in [0.25, 0.3) is 0 Å². The van der Waals surface area contributed by atoms with E-state index in [9.17, 15) is 9.18 Å². The Kier molecular flexibility index (Phi) is 4.94. The standard InChI is InChI=1S/C13H18FNO2/c1-4-17-13(16)12(9(2)3)15-11-7-5-10(14)6-8-11/h5-9,12,15H,4H2,1-3H3. The van der Waals surface area contributed by atoms with Gasteiger partial charge < -0.3 is 10.1 Å². The smallest absolute Gasteiger partial charge is 0.328 e. The van der Waals surface area contributed by atoms with Crippen molar-refractivity contribution in [1.29, 1.82) is 0 Å². The SMILES string of the molecule is CCOC(=O)C(Nc1ccc(F)cc1)C(C)C. The number of nitrogens with one attached hydrogen (secondary N) is 1. The van der Waals surface area contributed by atoms with Gasteiger partial charge in [-0.1, -0.05) is 13.8 Å². The van der Waals surface area contributed by atoms with Gasteiger partial charge in [0.05, 0.1) is 6.61 Å². The molecule has 0 radical (unpaired) electrons. The second-order valence-electron chi connectivity index (χ2n) is 4.12. The highest BCUT2D eigenvalue weighted by Gasteiger charge is 2.23. The maximum Gasteiger partial charge on any atom is 0.328 e. The fraction of sp³-hybridized carbons (Fsp3) is 0.462. The van der Waals surface area contributed by atoms with Crippen molar-refractivity contribution < 1.29 is 13.9 Å². The summed E-state index contributed by atoms with van der Waals surface area (Å²) in [6.07, 6.45) is 0. The molecule has 1 aromatic carbocycles. The lowest BCUT2D eigenvalue weighted by atomic mass is 10.0. The second kappa shape index (κ2) is 6.23. The number of rotatable bonds is 5. The highest BCUT2D eigenvalue weighted by molar-refractivity contribution is 5.79. The van der Waals surface area contributed by atoms with Gasteiger partial charge in [0.25, 0.3) is 0 Å². The Morgan fingerprint density at radius 3 is 2.41 bits per heavy atom. The van der Waals surface area contributed by atoms with Gasteiger partial charge in [-0.2, -0.15) is 0 Å². The summed E-state index contributed by atoms with van der Waals surface area (Å²) in [5.41, 5.74) is 0.707. The molecule has 1 N–H and O–H groups in total. The molecule has 94 valence electrons.